The quantitative estimate of drug-likeness (QED) is 0.893. The van der Waals surface area contributed by atoms with E-state index in [0.29, 0.717) is 13.1 Å². The maximum absolute atomic E-state index is 11.6. The fraction of sp³-hybridized carbons (Fsp3) is 0.286. The predicted molar refractivity (Wildman–Crippen MR) is 73.3 cm³/mol. The van der Waals surface area contributed by atoms with Crippen LogP contribution in [0.15, 0.2) is 24.7 Å². The molecule has 0 radical (unpaired) electrons. The van der Waals surface area contributed by atoms with Gasteiger partial charge in [-0.15, -0.1) is 0 Å². The van der Waals surface area contributed by atoms with Gasteiger partial charge in [0.1, 0.15) is 18.4 Å². The number of aromatic amines is 1. The summed E-state index contributed by atoms with van der Waals surface area (Å²) in [7, 11) is 0. The van der Waals surface area contributed by atoms with Crippen LogP contribution in [0.25, 0.3) is 16.6 Å². The minimum Gasteiger partial charge on any atom is -0.339 e. The Balaban J connectivity index is 1.79. The topological polar surface area (TPSA) is 85.7 Å². The number of nitrogens with one attached hydrogen (secondary N) is 1. The molecule has 0 spiro atoms. The van der Waals surface area contributed by atoms with Gasteiger partial charge in [-0.3, -0.25) is 4.79 Å². The molecule has 1 N–H and O–H groups in total. The monoisotopic (exact) mass is 267 g/mol. The summed E-state index contributed by atoms with van der Waals surface area (Å²) >= 11 is 0. The van der Waals surface area contributed by atoms with Crippen molar-refractivity contribution in [3.8, 4) is 6.07 Å². The predicted octanol–water partition coefficient (Wildman–Crippen LogP) is 1.49. The number of H-pyrrole nitrogens is 1. The van der Waals surface area contributed by atoms with E-state index in [1.54, 1.807) is 11.1 Å². The van der Waals surface area contributed by atoms with Crippen LogP contribution in [-0.4, -0.2) is 38.8 Å². The Morgan fingerprint density at radius 3 is 3.15 bits per heavy atom. The molecule has 0 saturated heterocycles. The van der Waals surface area contributed by atoms with Crippen LogP contribution in [0.1, 0.15) is 18.5 Å². The summed E-state index contributed by atoms with van der Waals surface area (Å²) in [5.74, 6) is -0.106. The first kappa shape index (κ1) is 12.4. The minimum absolute atomic E-state index is 0.0504. The fourth-order valence-electron chi connectivity index (χ4n) is 2.36. The number of hydrogen-bond acceptors (Lipinski definition) is 4. The van der Waals surface area contributed by atoms with Crippen LogP contribution in [0, 0.1) is 11.3 Å². The highest BCUT2D eigenvalue weighted by Gasteiger charge is 2.18. The Morgan fingerprint density at radius 1 is 1.55 bits per heavy atom. The van der Waals surface area contributed by atoms with Crippen LogP contribution >= 0.6 is 0 Å². The van der Waals surface area contributed by atoms with E-state index in [1.165, 1.54) is 11.9 Å². The first-order valence-corrected chi connectivity index (χ1v) is 6.41. The Hall–Kier alpha value is -2.68. The Bertz CT molecular complexity index is 691. The van der Waals surface area contributed by atoms with E-state index in [0.717, 1.165) is 23.1 Å². The number of aromatic nitrogens is 3. The van der Waals surface area contributed by atoms with Crippen LogP contribution in [-0.2, 0) is 4.79 Å². The molecule has 0 saturated carbocycles. The Labute approximate surface area is 115 Å². The largest absolute Gasteiger partial charge is 0.339 e. The number of carbonyl (C=O) groups excluding carboxylic acids is 1. The van der Waals surface area contributed by atoms with Crippen LogP contribution in [0.4, 0.5) is 0 Å². The first-order chi connectivity index (χ1) is 9.78. The molecule has 0 aromatic carbocycles. The van der Waals surface area contributed by atoms with Gasteiger partial charge >= 0.3 is 0 Å². The van der Waals surface area contributed by atoms with Gasteiger partial charge in [-0.2, -0.15) is 5.26 Å². The first-order valence-electron chi connectivity index (χ1n) is 6.41. The summed E-state index contributed by atoms with van der Waals surface area (Å²) in [6.07, 6.45) is 6.04. The third kappa shape index (κ3) is 2.26. The summed E-state index contributed by atoms with van der Waals surface area (Å²) in [6, 6.07) is 3.91. The molecule has 0 aliphatic carbocycles. The second kappa shape index (κ2) is 5.13. The summed E-state index contributed by atoms with van der Waals surface area (Å²) in [4.78, 5) is 24.8. The van der Waals surface area contributed by atoms with Gasteiger partial charge in [-0.05, 0) is 18.1 Å². The third-order valence-electron chi connectivity index (χ3n) is 3.43. The van der Waals surface area contributed by atoms with E-state index in [-0.39, 0.29) is 12.3 Å². The molecule has 2 aromatic rings. The Morgan fingerprint density at radius 2 is 2.45 bits per heavy atom. The highest BCUT2D eigenvalue weighted by Crippen LogP contribution is 2.24. The zero-order valence-electron chi connectivity index (χ0n) is 10.8. The second-order valence-corrected chi connectivity index (χ2v) is 4.66. The van der Waals surface area contributed by atoms with Gasteiger partial charge in [-0.25, -0.2) is 9.97 Å². The molecule has 6 heteroatoms. The maximum Gasteiger partial charge on any atom is 0.237 e. The van der Waals surface area contributed by atoms with E-state index in [1.807, 2.05) is 18.2 Å². The SMILES string of the molecule is N#CCC(=O)N1CC=C(c2cc3cncnc3[nH]2)CC1. The van der Waals surface area contributed by atoms with E-state index in [2.05, 4.69) is 15.0 Å². The van der Waals surface area contributed by atoms with Crippen LogP contribution in [0.2, 0.25) is 0 Å². The van der Waals surface area contributed by atoms with E-state index < -0.39 is 0 Å². The molecule has 0 atom stereocenters. The minimum atomic E-state index is -0.106. The lowest BCUT2D eigenvalue weighted by Crippen LogP contribution is -2.34. The standard InChI is InChI=1S/C14H13N5O/c15-4-1-13(20)19-5-2-10(3-6-19)12-7-11-8-16-9-17-14(11)18-12/h2,7-9H,1,3,5-6H2,(H,16,17,18). The van der Waals surface area contributed by atoms with E-state index >= 15 is 0 Å². The van der Waals surface area contributed by atoms with Crippen molar-refractivity contribution in [2.45, 2.75) is 12.8 Å². The molecule has 0 unspecified atom stereocenters. The highest BCUT2D eigenvalue weighted by atomic mass is 16.2. The second-order valence-electron chi connectivity index (χ2n) is 4.66. The smallest absolute Gasteiger partial charge is 0.237 e. The van der Waals surface area contributed by atoms with Crippen LogP contribution in [0.3, 0.4) is 0 Å². The summed E-state index contributed by atoms with van der Waals surface area (Å²) in [6.45, 7) is 1.20. The van der Waals surface area contributed by atoms with Gasteiger partial charge in [0.25, 0.3) is 0 Å². The maximum atomic E-state index is 11.6. The fourth-order valence-corrected chi connectivity index (χ4v) is 2.36. The zero-order chi connectivity index (χ0) is 13.9. The van der Waals surface area contributed by atoms with Crippen molar-refractivity contribution in [2.75, 3.05) is 13.1 Å². The molecule has 1 aliphatic heterocycles. The van der Waals surface area contributed by atoms with E-state index in [4.69, 9.17) is 5.26 Å². The molecule has 2 aromatic heterocycles. The molecule has 1 amide bonds. The molecule has 20 heavy (non-hydrogen) atoms. The van der Waals surface area contributed by atoms with Gasteiger partial charge in [0.15, 0.2) is 0 Å². The molecule has 3 heterocycles. The van der Waals surface area contributed by atoms with E-state index in [9.17, 15) is 4.79 Å². The summed E-state index contributed by atoms with van der Waals surface area (Å²) < 4.78 is 0. The molecular formula is C14H13N5O. The van der Waals surface area contributed by atoms with Crippen LogP contribution < -0.4 is 0 Å². The van der Waals surface area contributed by atoms with Gasteiger partial charge in [0.05, 0.1) is 6.07 Å². The van der Waals surface area contributed by atoms with Crippen molar-refractivity contribution >= 4 is 22.5 Å². The number of amides is 1. The zero-order valence-corrected chi connectivity index (χ0v) is 10.8. The van der Waals surface area contributed by atoms with Crippen molar-refractivity contribution in [3.05, 3.63) is 30.4 Å². The van der Waals surface area contributed by atoms with Gasteiger partial charge < -0.3 is 9.88 Å². The molecule has 0 fully saturated rings. The Kier molecular flexibility index (Phi) is 3.17. The number of hydrogen-bond donors (Lipinski definition) is 1. The molecule has 3 rings (SSSR count). The van der Waals surface area contributed by atoms with Gasteiger partial charge in [0, 0.05) is 30.4 Å². The molecule has 100 valence electrons. The van der Waals surface area contributed by atoms with Gasteiger partial charge in [0.2, 0.25) is 5.91 Å². The molecule has 6 nitrogen and oxygen atoms in total. The van der Waals surface area contributed by atoms with Gasteiger partial charge in [-0.1, -0.05) is 6.08 Å². The normalized spacial score (nSPS) is 14.9. The van der Waals surface area contributed by atoms with Crippen molar-refractivity contribution in [2.24, 2.45) is 0 Å². The number of rotatable bonds is 2. The lowest BCUT2D eigenvalue weighted by molar-refractivity contribution is -0.129. The average Bonchev–Trinajstić information content (AvgIpc) is 2.91. The molecular weight excluding hydrogens is 254 g/mol. The van der Waals surface area contributed by atoms with Crippen molar-refractivity contribution in [1.82, 2.24) is 19.9 Å². The lowest BCUT2D eigenvalue weighted by atomic mass is 10.0. The number of fused-ring (bicyclic) bond motifs is 1. The molecule has 1 aliphatic rings. The summed E-state index contributed by atoms with van der Waals surface area (Å²) in [5, 5.41) is 9.53. The van der Waals surface area contributed by atoms with Crippen molar-refractivity contribution in [1.29, 1.82) is 5.26 Å². The van der Waals surface area contributed by atoms with Crippen molar-refractivity contribution in [3.63, 3.8) is 0 Å². The average molecular weight is 267 g/mol. The lowest BCUT2D eigenvalue weighted by Gasteiger charge is -2.25. The number of nitrogens with zero attached hydrogens (tertiary/aromatic N) is 4. The number of carbonyl (C=O) groups is 1. The highest BCUT2D eigenvalue weighted by molar-refractivity contribution is 5.83. The van der Waals surface area contributed by atoms with Crippen molar-refractivity contribution < 1.29 is 4.79 Å². The summed E-state index contributed by atoms with van der Waals surface area (Å²) in [5.41, 5.74) is 3.01. The number of nitriles is 1. The molecule has 0 bridgehead atoms. The van der Waals surface area contributed by atoms with Crippen LogP contribution in [0.5, 0.6) is 0 Å². The third-order valence-corrected chi connectivity index (χ3v) is 3.43.